The molecule has 3 nitrogen and oxygen atoms in total. The van der Waals surface area contributed by atoms with Crippen molar-refractivity contribution in [3.63, 3.8) is 0 Å². The van der Waals surface area contributed by atoms with E-state index in [-0.39, 0.29) is 17.1 Å². The molecule has 2 rings (SSSR count). The Morgan fingerprint density at radius 2 is 2.05 bits per heavy atom. The summed E-state index contributed by atoms with van der Waals surface area (Å²) in [6.45, 7) is 11.1. The van der Waals surface area contributed by atoms with Crippen molar-refractivity contribution in [3.8, 4) is 5.75 Å². The Morgan fingerprint density at radius 1 is 1.33 bits per heavy atom. The summed E-state index contributed by atoms with van der Waals surface area (Å²) in [5.41, 5.74) is 0.386. The van der Waals surface area contributed by atoms with E-state index in [9.17, 15) is 5.11 Å². The van der Waals surface area contributed by atoms with Crippen LogP contribution in [0.5, 0.6) is 5.75 Å². The molecule has 1 aromatic rings. The summed E-state index contributed by atoms with van der Waals surface area (Å²) >= 11 is 0. The molecular weight excluding hydrogens is 264 g/mol. The predicted molar refractivity (Wildman–Crippen MR) is 84.5 cm³/mol. The van der Waals surface area contributed by atoms with Gasteiger partial charge in [-0.05, 0) is 58.2 Å². The van der Waals surface area contributed by atoms with Crippen LogP contribution in [0.4, 0.5) is 0 Å². The Kier molecular flexibility index (Phi) is 4.64. The van der Waals surface area contributed by atoms with Crippen LogP contribution in [-0.2, 0) is 4.74 Å². The van der Waals surface area contributed by atoms with Gasteiger partial charge in [0.25, 0.3) is 0 Å². The maximum absolute atomic E-state index is 10.8. The van der Waals surface area contributed by atoms with Crippen LogP contribution in [0.1, 0.15) is 59.1 Å². The van der Waals surface area contributed by atoms with Gasteiger partial charge in [-0.2, -0.15) is 0 Å². The average molecular weight is 292 g/mol. The molecule has 21 heavy (non-hydrogen) atoms. The molecule has 0 amide bonds. The predicted octanol–water partition coefficient (Wildman–Crippen LogP) is 4.10. The monoisotopic (exact) mass is 292 g/mol. The summed E-state index contributed by atoms with van der Waals surface area (Å²) in [7, 11) is 0. The van der Waals surface area contributed by atoms with Crippen LogP contribution in [0.2, 0.25) is 0 Å². The van der Waals surface area contributed by atoms with Crippen LogP contribution < -0.4 is 4.74 Å². The molecule has 2 atom stereocenters. The maximum atomic E-state index is 10.8. The van der Waals surface area contributed by atoms with Gasteiger partial charge in [-0.3, -0.25) is 0 Å². The van der Waals surface area contributed by atoms with Gasteiger partial charge in [-0.15, -0.1) is 0 Å². The van der Waals surface area contributed by atoms with E-state index in [1.807, 2.05) is 24.3 Å². The molecule has 0 bridgehead atoms. The van der Waals surface area contributed by atoms with Crippen molar-refractivity contribution in [2.75, 3.05) is 6.61 Å². The highest BCUT2D eigenvalue weighted by Gasteiger charge is 2.49. The minimum Gasteiger partial charge on any atom is -0.494 e. The molecule has 1 aliphatic rings. The fourth-order valence-corrected chi connectivity index (χ4v) is 3.34. The number of rotatable bonds is 5. The van der Waals surface area contributed by atoms with Crippen LogP contribution in [0.3, 0.4) is 0 Å². The second-order valence-electron chi connectivity index (χ2n) is 7.14. The normalized spacial score (nSPS) is 24.8. The van der Waals surface area contributed by atoms with Crippen molar-refractivity contribution in [2.24, 2.45) is 5.92 Å². The Hall–Kier alpha value is -1.06. The van der Waals surface area contributed by atoms with Crippen LogP contribution in [0.15, 0.2) is 24.3 Å². The Labute approximate surface area is 128 Å². The third-order valence-electron chi connectivity index (χ3n) is 4.20. The second kappa shape index (κ2) is 5.98. The summed E-state index contributed by atoms with van der Waals surface area (Å²) in [5, 5.41) is 10.8. The Bertz CT molecular complexity index is 479. The van der Waals surface area contributed by atoms with Crippen LogP contribution in [0.25, 0.3) is 0 Å². The first kappa shape index (κ1) is 16.3. The molecule has 0 saturated carbocycles. The maximum Gasteiger partial charge on any atom is 0.119 e. The van der Waals surface area contributed by atoms with Crippen LogP contribution in [-0.4, -0.2) is 22.9 Å². The Balaban J connectivity index is 2.18. The van der Waals surface area contributed by atoms with Crippen LogP contribution in [0, 0.1) is 5.92 Å². The molecule has 3 heteroatoms. The van der Waals surface area contributed by atoms with Gasteiger partial charge in [0.05, 0.1) is 23.9 Å². The number of aliphatic hydroxyl groups excluding tert-OH is 1. The lowest BCUT2D eigenvalue weighted by Gasteiger charge is -2.30. The van der Waals surface area contributed by atoms with E-state index in [4.69, 9.17) is 9.47 Å². The molecule has 0 spiro atoms. The van der Waals surface area contributed by atoms with E-state index in [1.54, 1.807) is 0 Å². The molecule has 1 fully saturated rings. The van der Waals surface area contributed by atoms with E-state index < -0.39 is 6.10 Å². The molecular formula is C18H28O3. The zero-order valence-electron chi connectivity index (χ0n) is 13.8. The van der Waals surface area contributed by atoms with Crippen molar-refractivity contribution in [3.05, 3.63) is 29.8 Å². The fourth-order valence-electron chi connectivity index (χ4n) is 3.34. The zero-order chi connectivity index (χ0) is 15.7. The first-order valence-corrected chi connectivity index (χ1v) is 7.86. The lowest BCUT2D eigenvalue weighted by molar-refractivity contribution is -0.0880. The fraction of sp³-hybridized carbons (Fsp3) is 0.667. The number of hydrogen-bond acceptors (Lipinski definition) is 3. The topological polar surface area (TPSA) is 38.7 Å². The number of benzene rings is 1. The average Bonchev–Trinajstić information content (AvgIpc) is 2.63. The molecule has 1 N–H and O–H groups in total. The lowest BCUT2D eigenvalue weighted by atomic mass is 9.80. The first-order valence-electron chi connectivity index (χ1n) is 7.86. The first-order chi connectivity index (χ1) is 9.75. The van der Waals surface area contributed by atoms with E-state index >= 15 is 0 Å². The van der Waals surface area contributed by atoms with Gasteiger partial charge in [0.15, 0.2) is 0 Å². The number of aliphatic hydroxyl groups is 1. The summed E-state index contributed by atoms with van der Waals surface area (Å²) < 4.78 is 11.8. The molecule has 1 aliphatic heterocycles. The van der Waals surface area contributed by atoms with Gasteiger partial charge in [0, 0.05) is 5.92 Å². The molecule has 0 radical (unpaired) electrons. The summed E-state index contributed by atoms with van der Waals surface area (Å²) in [5.74, 6) is 0.901. The van der Waals surface area contributed by atoms with E-state index in [1.165, 1.54) is 0 Å². The van der Waals surface area contributed by atoms with Crippen LogP contribution >= 0.6 is 0 Å². The van der Waals surface area contributed by atoms with Crippen molar-refractivity contribution in [1.82, 2.24) is 0 Å². The summed E-state index contributed by atoms with van der Waals surface area (Å²) in [6, 6.07) is 7.79. The van der Waals surface area contributed by atoms with E-state index in [0.717, 1.165) is 24.2 Å². The van der Waals surface area contributed by atoms with Gasteiger partial charge < -0.3 is 14.6 Å². The second-order valence-corrected chi connectivity index (χ2v) is 7.14. The molecule has 0 aliphatic carbocycles. The molecule has 1 aromatic carbocycles. The standard InChI is InChI=1S/C18H28O3/c1-6-10-20-14-9-7-8-13(11-14)16(19)15-12-17(2,3)21-18(15,4)5/h7-9,11,15-16,19H,6,10,12H2,1-5H3. The van der Waals surface area contributed by atoms with Crippen molar-refractivity contribution in [1.29, 1.82) is 0 Å². The number of hydrogen-bond donors (Lipinski definition) is 1. The minimum absolute atomic E-state index is 0.0777. The van der Waals surface area contributed by atoms with Crippen molar-refractivity contribution < 1.29 is 14.6 Å². The van der Waals surface area contributed by atoms with Gasteiger partial charge in [0.2, 0.25) is 0 Å². The third kappa shape index (κ3) is 3.78. The highest BCUT2D eigenvalue weighted by molar-refractivity contribution is 5.30. The minimum atomic E-state index is -0.535. The van der Waals surface area contributed by atoms with E-state index in [0.29, 0.717) is 6.61 Å². The largest absolute Gasteiger partial charge is 0.494 e. The lowest BCUT2D eigenvalue weighted by Crippen LogP contribution is -2.32. The van der Waals surface area contributed by atoms with E-state index in [2.05, 4.69) is 34.6 Å². The molecule has 1 saturated heterocycles. The quantitative estimate of drug-likeness (QED) is 0.888. The smallest absolute Gasteiger partial charge is 0.119 e. The molecule has 1 heterocycles. The van der Waals surface area contributed by atoms with Gasteiger partial charge >= 0.3 is 0 Å². The van der Waals surface area contributed by atoms with Gasteiger partial charge in [-0.25, -0.2) is 0 Å². The third-order valence-corrected chi connectivity index (χ3v) is 4.20. The highest BCUT2D eigenvalue weighted by Crippen LogP contribution is 2.47. The zero-order valence-corrected chi connectivity index (χ0v) is 13.8. The summed E-state index contributed by atoms with van der Waals surface area (Å²) in [6.07, 6.45) is 1.29. The summed E-state index contributed by atoms with van der Waals surface area (Å²) in [4.78, 5) is 0. The Morgan fingerprint density at radius 3 is 2.62 bits per heavy atom. The molecule has 2 unspecified atom stereocenters. The SMILES string of the molecule is CCCOc1cccc(C(O)C2CC(C)(C)OC2(C)C)c1. The van der Waals surface area contributed by atoms with Crippen molar-refractivity contribution >= 4 is 0 Å². The van der Waals surface area contributed by atoms with Gasteiger partial charge in [0.1, 0.15) is 5.75 Å². The molecule has 0 aromatic heterocycles. The number of ether oxygens (including phenoxy) is 2. The molecule has 118 valence electrons. The highest BCUT2D eigenvalue weighted by atomic mass is 16.5. The van der Waals surface area contributed by atoms with Gasteiger partial charge in [-0.1, -0.05) is 19.1 Å². The van der Waals surface area contributed by atoms with Crippen molar-refractivity contribution in [2.45, 2.75) is 64.8 Å².